The number of carbonyl (C=O) groups is 1. The van der Waals surface area contributed by atoms with Crippen LogP contribution >= 0.6 is 34.7 Å². The summed E-state index contributed by atoms with van der Waals surface area (Å²) in [7, 11) is 1.67. The highest BCUT2D eigenvalue weighted by Gasteiger charge is 2.29. The Kier molecular flexibility index (Phi) is 6.09. The van der Waals surface area contributed by atoms with Crippen LogP contribution < -0.4 is 4.74 Å². The highest BCUT2D eigenvalue weighted by Crippen LogP contribution is 2.33. The van der Waals surface area contributed by atoms with Gasteiger partial charge in [0.15, 0.2) is 0 Å². The van der Waals surface area contributed by atoms with Gasteiger partial charge in [-0.05, 0) is 42.7 Å². The Bertz CT molecular complexity index is 687. The van der Waals surface area contributed by atoms with E-state index in [1.807, 2.05) is 29.2 Å². The Morgan fingerprint density at radius 2 is 2.12 bits per heavy atom. The summed E-state index contributed by atoms with van der Waals surface area (Å²) >= 11 is 9.18. The average Bonchev–Trinajstić information content (AvgIpc) is 3.24. The molecule has 1 atom stereocenters. The molecule has 128 valence electrons. The molecule has 1 saturated heterocycles. The molecule has 0 N–H and O–H groups in total. The fraction of sp³-hybridized carbons (Fsp3) is 0.389. The van der Waals surface area contributed by atoms with Gasteiger partial charge in [0.2, 0.25) is 5.91 Å². The highest BCUT2D eigenvalue weighted by atomic mass is 35.5. The number of likely N-dealkylation sites (tertiary alicyclic amines) is 1. The van der Waals surface area contributed by atoms with E-state index in [1.54, 1.807) is 30.2 Å². The summed E-state index contributed by atoms with van der Waals surface area (Å²) in [5, 5.41) is 0. The van der Waals surface area contributed by atoms with Crippen molar-refractivity contribution in [3.63, 3.8) is 0 Å². The second-order valence-electron chi connectivity index (χ2n) is 5.72. The third-order valence-electron chi connectivity index (χ3n) is 4.17. The van der Waals surface area contributed by atoms with Gasteiger partial charge in [-0.1, -0.05) is 23.7 Å². The molecule has 1 aliphatic heterocycles. The third kappa shape index (κ3) is 4.26. The number of thioether (sulfide) groups is 1. The van der Waals surface area contributed by atoms with Crippen molar-refractivity contribution in [2.75, 3.05) is 19.4 Å². The lowest BCUT2D eigenvalue weighted by Crippen LogP contribution is -2.32. The molecular weight excluding hydrogens is 362 g/mol. The predicted octanol–water partition coefficient (Wildman–Crippen LogP) is 5.01. The largest absolute Gasteiger partial charge is 0.497 e. The standard InChI is InChI=1S/C18H20ClNO2S2/c1-22-14-6-4-13(5-7-14)16-3-2-10-20(16)18(21)12-23-11-15-8-9-17(19)24-15/h4-9,16H,2-3,10-12H2,1H3. The topological polar surface area (TPSA) is 29.5 Å². The Balaban J connectivity index is 1.56. The van der Waals surface area contributed by atoms with Crippen LogP contribution in [0.1, 0.15) is 29.3 Å². The van der Waals surface area contributed by atoms with Crippen LogP contribution in [-0.2, 0) is 10.5 Å². The van der Waals surface area contributed by atoms with E-state index >= 15 is 0 Å². The summed E-state index contributed by atoms with van der Waals surface area (Å²) < 4.78 is 6.01. The van der Waals surface area contributed by atoms with Gasteiger partial charge in [-0.3, -0.25) is 4.79 Å². The lowest BCUT2D eigenvalue weighted by molar-refractivity contribution is -0.129. The molecule has 1 aromatic carbocycles. The monoisotopic (exact) mass is 381 g/mol. The molecule has 0 aliphatic carbocycles. The molecule has 0 bridgehead atoms. The van der Waals surface area contributed by atoms with Crippen molar-refractivity contribution >= 4 is 40.6 Å². The normalized spacial score (nSPS) is 17.2. The summed E-state index contributed by atoms with van der Waals surface area (Å²) in [5.74, 6) is 2.42. The quantitative estimate of drug-likeness (QED) is 0.704. The zero-order chi connectivity index (χ0) is 16.9. The van der Waals surface area contributed by atoms with Crippen molar-refractivity contribution in [1.29, 1.82) is 0 Å². The number of thiophene rings is 1. The van der Waals surface area contributed by atoms with E-state index in [1.165, 1.54) is 10.4 Å². The Morgan fingerprint density at radius 3 is 2.79 bits per heavy atom. The maximum absolute atomic E-state index is 12.6. The van der Waals surface area contributed by atoms with E-state index in [4.69, 9.17) is 16.3 Å². The van der Waals surface area contributed by atoms with Crippen LogP contribution in [0.25, 0.3) is 0 Å². The van der Waals surface area contributed by atoms with Crippen molar-refractivity contribution in [1.82, 2.24) is 4.90 Å². The van der Waals surface area contributed by atoms with Crippen LogP contribution in [-0.4, -0.2) is 30.2 Å². The maximum Gasteiger partial charge on any atom is 0.233 e. The van der Waals surface area contributed by atoms with Gasteiger partial charge in [0, 0.05) is 17.2 Å². The van der Waals surface area contributed by atoms with Gasteiger partial charge < -0.3 is 9.64 Å². The number of halogens is 1. The number of carbonyl (C=O) groups excluding carboxylic acids is 1. The number of amides is 1. The first-order valence-corrected chi connectivity index (χ1v) is 10.3. The van der Waals surface area contributed by atoms with E-state index < -0.39 is 0 Å². The van der Waals surface area contributed by atoms with Crippen LogP contribution in [0.15, 0.2) is 36.4 Å². The molecule has 1 fully saturated rings. The van der Waals surface area contributed by atoms with Crippen molar-refractivity contribution in [2.24, 2.45) is 0 Å². The SMILES string of the molecule is COc1ccc(C2CCCN2C(=O)CSCc2ccc(Cl)s2)cc1. The first-order chi connectivity index (χ1) is 11.7. The highest BCUT2D eigenvalue weighted by molar-refractivity contribution is 7.99. The van der Waals surface area contributed by atoms with Crippen molar-refractivity contribution in [2.45, 2.75) is 24.6 Å². The summed E-state index contributed by atoms with van der Waals surface area (Å²) in [5.41, 5.74) is 1.19. The predicted molar refractivity (Wildman–Crippen MR) is 102 cm³/mol. The molecule has 3 rings (SSSR count). The van der Waals surface area contributed by atoms with E-state index in [9.17, 15) is 4.79 Å². The van der Waals surface area contributed by atoms with E-state index in [0.717, 1.165) is 35.2 Å². The molecule has 1 aromatic heterocycles. The van der Waals surface area contributed by atoms with Crippen molar-refractivity contribution in [3.05, 3.63) is 51.2 Å². The molecule has 1 amide bonds. The van der Waals surface area contributed by atoms with Crippen molar-refractivity contribution < 1.29 is 9.53 Å². The second-order valence-corrected chi connectivity index (χ2v) is 8.50. The molecule has 0 saturated carbocycles. The molecule has 2 aromatic rings. The van der Waals surface area contributed by atoms with Crippen LogP contribution in [0.4, 0.5) is 0 Å². The zero-order valence-electron chi connectivity index (χ0n) is 13.5. The van der Waals surface area contributed by atoms with Crippen LogP contribution in [0.2, 0.25) is 4.34 Å². The van der Waals surface area contributed by atoms with Crippen LogP contribution in [0.5, 0.6) is 5.75 Å². The smallest absolute Gasteiger partial charge is 0.233 e. The van der Waals surface area contributed by atoms with Gasteiger partial charge in [-0.15, -0.1) is 23.1 Å². The van der Waals surface area contributed by atoms with Gasteiger partial charge in [-0.2, -0.15) is 0 Å². The fourth-order valence-corrected chi connectivity index (χ4v) is 5.10. The Hall–Kier alpha value is -1.17. The molecule has 0 radical (unpaired) electrons. The van der Waals surface area contributed by atoms with E-state index in [0.29, 0.717) is 5.75 Å². The number of rotatable bonds is 6. The molecule has 24 heavy (non-hydrogen) atoms. The van der Waals surface area contributed by atoms with Crippen LogP contribution in [0, 0.1) is 0 Å². The second kappa shape index (κ2) is 8.28. The zero-order valence-corrected chi connectivity index (χ0v) is 15.9. The van der Waals surface area contributed by atoms with Crippen molar-refractivity contribution in [3.8, 4) is 5.75 Å². The number of benzene rings is 1. The summed E-state index contributed by atoms with van der Waals surface area (Å²) in [6.07, 6.45) is 2.09. The van der Waals surface area contributed by atoms with Gasteiger partial charge in [0.1, 0.15) is 5.75 Å². The number of hydrogen-bond donors (Lipinski definition) is 0. The number of methoxy groups -OCH3 is 1. The minimum atomic E-state index is 0.195. The van der Waals surface area contributed by atoms with E-state index in [2.05, 4.69) is 12.1 Å². The molecular formula is C18H20ClNO2S2. The minimum absolute atomic E-state index is 0.195. The average molecular weight is 382 g/mol. The molecule has 2 heterocycles. The van der Waals surface area contributed by atoms with Gasteiger partial charge in [0.05, 0.1) is 23.2 Å². The Labute approximate surface area is 156 Å². The lowest BCUT2D eigenvalue weighted by Gasteiger charge is -2.25. The molecule has 6 heteroatoms. The van der Waals surface area contributed by atoms with E-state index in [-0.39, 0.29) is 11.9 Å². The molecule has 1 unspecified atom stereocenters. The number of hydrogen-bond acceptors (Lipinski definition) is 4. The number of nitrogens with zero attached hydrogens (tertiary/aromatic N) is 1. The van der Waals surface area contributed by atoms with Gasteiger partial charge >= 0.3 is 0 Å². The summed E-state index contributed by atoms with van der Waals surface area (Å²) in [4.78, 5) is 15.8. The molecule has 3 nitrogen and oxygen atoms in total. The van der Waals surface area contributed by atoms with Gasteiger partial charge in [-0.25, -0.2) is 0 Å². The first-order valence-electron chi connectivity index (χ1n) is 7.93. The van der Waals surface area contributed by atoms with Gasteiger partial charge in [0.25, 0.3) is 0 Å². The summed E-state index contributed by atoms with van der Waals surface area (Å²) in [6, 6.07) is 12.2. The maximum atomic E-state index is 12.6. The summed E-state index contributed by atoms with van der Waals surface area (Å²) in [6.45, 7) is 0.848. The first kappa shape index (κ1) is 17.6. The van der Waals surface area contributed by atoms with Crippen LogP contribution in [0.3, 0.4) is 0 Å². The fourth-order valence-electron chi connectivity index (χ4n) is 2.99. The molecule has 0 spiro atoms. The molecule has 1 aliphatic rings. The number of ether oxygens (including phenoxy) is 1. The minimum Gasteiger partial charge on any atom is -0.497 e. The Morgan fingerprint density at radius 1 is 1.33 bits per heavy atom. The third-order valence-corrected chi connectivity index (χ3v) is 6.55. The lowest BCUT2D eigenvalue weighted by atomic mass is 10.0.